The SMILES string of the molecule is COC(=O)CCc1csc(C2CCCCCCC2)n1. The molecule has 1 fully saturated rings. The second-order valence-corrected chi connectivity index (χ2v) is 6.18. The van der Waals surface area contributed by atoms with Gasteiger partial charge in [-0.25, -0.2) is 4.98 Å². The Bertz CT molecular complexity index is 395. The normalized spacial score (nSPS) is 17.7. The van der Waals surface area contributed by atoms with Crippen molar-refractivity contribution in [2.75, 3.05) is 7.11 Å². The van der Waals surface area contributed by atoms with E-state index in [0.717, 1.165) is 5.69 Å². The molecule has 0 unspecified atom stereocenters. The molecule has 1 aliphatic carbocycles. The number of carbonyl (C=O) groups excluding carboxylic acids is 1. The van der Waals surface area contributed by atoms with Gasteiger partial charge in [-0.1, -0.05) is 32.1 Å². The molecule has 19 heavy (non-hydrogen) atoms. The van der Waals surface area contributed by atoms with Gasteiger partial charge in [0.25, 0.3) is 0 Å². The molecule has 0 N–H and O–H groups in total. The summed E-state index contributed by atoms with van der Waals surface area (Å²) in [6.45, 7) is 0. The highest BCUT2D eigenvalue weighted by molar-refractivity contribution is 7.09. The fourth-order valence-corrected chi connectivity index (χ4v) is 3.69. The van der Waals surface area contributed by atoms with Gasteiger partial charge in [-0.3, -0.25) is 4.79 Å². The van der Waals surface area contributed by atoms with E-state index < -0.39 is 0 Å². The van der Waals surface area contributed by atoms with E-state index in [9.17, 15) is 4.79 Å². The maximum absolute atomic E-state index is 11.1. The highest BCUT2D eigenvalue weighted by Gasteiger charge is 2.17. The minimum atomic E-state index is -0.152. The van der Waals surface area contributed by atoms with Crippen LogP contribution in [0.3, 0.4) is 0 Å². The monoisotopic (exact) mass is 281 g/mol. The Kier molecular flexibility index (Phi) is 5.83. The number of esters is 1. The van der Waals surface area contributed by atoms with Crippen molar-refractivity contribution in [3.63, 3.8) is 0 Å². The van der Waals surface area contributed by atoms with Gasteiger partial charge in [0.15, 0.2) is 0 Å². The number of carbonyl (C=O) groups is 1. The molecule has 0 aromatic carbocycles. The lowest BCUT2D eigenvalue weighted by molar-refractivity contribution is -0.140. The molecule has 1 aromatic rings. The summed E-state index contributed by atoms with van der Waals surface area (Å²) < 4.78 is 4.66. The number of aryl methyl sites for hydroxylation is 1. The Morgan fingerprint density at radius 3 is 2.68 bits per heavy atom. The molecule has 0 amide bonds. The van der Waals surface area contributed by atoms with Crippen LogP contribution in [0.4, 0.5) is 0 Å². The van der Waals surface area contributed by atoms with Crippen molar-refractivity contribution in [1.82, 2.24) is 4.98 Å². The number of rotatable bonds is 4. The van der Waals surface area contributed by atoms with Gasteiger partial charge in [0.05, 0.1) is 24.2 Å². The summed E-state index contributed by atoms with van der Waals surface area (Å²) in [5.74, 6) is 0.498. The zero-order chi connectivity index (χ0) is 13.5. The molecule has 1 heterocycles. The van der Waals surface area contributed by atoms with Crippen LogP contribution >= 0.6 is 11.3 Å². The summed E-state index contributed by atoms with van der Waals surface area (Å²) in [5, 5.41) is 3.39. The second kappa shape index (κ2) is 7.63. The third-order valence-corrected chi connectivity index (χ3v) is 4.89. The van der Waals surface area contributed by atoms with Crippen LogP contribution in [0.15, 0.2) is 5.38 Å². The molecule has 0 radical (unpaired) electrons. The zero-order valence-electron chi connectivity index (χ0n) is 11.7. The van der Waals surface area contributed by atoms with E-state index >= 15 is 0 Å². The van der Waals surface area contributed by atoms with Crippen molar-refractivity contribution in [2.45, 2.75) is 63.7 Å². The van der Waals surface area contributed by atoms with E-state index in [4.69, 9.17) is 4.98 Å². The maximum Gasteiger partial charge on any atom is 0.305 e. The first-order valence-corrected chi connectivity index (χ1v) is 8.18. The van der Waals surface area contributed by atoms with E-state index in [0.29, 0.717) is 18.8 Å². The van der Waals surface area contributed by atoms with Gasteiger partial charge >= 0.3 is 5.97 Å². The lowest BCUT2D eigenvalue weighted by Gasteiger charge is -2.17. The molecule has 1 aromatic heterocycles. The first-order valence-electron chi connectivity index (χ1n) is 7.30. The predicted molar refractivity (Wildman–Crippen MR) is 77.5 cm³/mol. The summed E-state index contributed by atoms with van der Waals surface area (Å²) >= 11 is 1.77. The molecule has 0 spiro atoms. The first-order chi connectivity index (χ1) is 9.29. The Morgan fingerprint density at radius 2 is 2.00 bits per heavy atom. The smallest absolute Gasteiger partial charge is 0.305 e. The topological polar surface area (TPSA) is 39.2 Å². The van der Waals surface area contributed by atoms with Crippen molar-refractivity contribution in [2.24, 2.45) is 0 Å². The Morgan fingerprint density at radius 1 is 1.32 bits per heavy atom. The maximum atomic E-state index is 11.1. The molecular formula is C15H23NO2S. The van der Waals surface area contributed by atoms with Crippen molar-refractivity contribution in [3.8, 4) is 0 Å². The van der Waals surface area contributed by atoms with Crippen LogP contribution in [-0.4, -0.2) is 18.1 Å². The largest absolute Gasteiger partial charge is 0.469 e. The molecule has 106 valence electrons. The van der Waals surface area contributed by atoms with Crippen LogP contribution < -0.4 is 0 Å². The standard InChI is InChI=1S/C15H23NO2S/c1-18-14(17)10-9-13-11-19-15(16-13)12-7-5-3-2-4-6-8-12/h11-12H,2-10H2,1H3. The van der Waals surface area contributed by atoms with Crippen molar-refractivity contribution >= 4 is 17.3 Å². The van der Waals surface area contributed by atoms with Gasteiger partial charge in [0.2, 0.25) is 0 Å². The highest BCUT2D eigenvalue weighted by atomic mass is 32.1. The number of hydrogen-bond acceptors (Lipinski definition) is 4. The molecule has 0 saturated heterocycles. The van der Waals surface area contributed by atoms with Gasteiger partial charge in [0, 0.05) is 17.7 Å². The van der Waals surface area contributed by atoms with Crippen LogP contribution in [-0.2, 0) is 16.0 Å². The van der Waals surface area contributed by atoms with Crippen LogP contribution in [0.2, 0.25) is 0 Å². The van der Waals surface area contributed by atoms with Crippen molar-refractivity contribution < 1.29 is 9.53 Å². The van der Waals surface area contributed by atoms with Gasteiger partial charge in [-0.15, -0.1) is 11.3 Å². The summed E-state index contributed by atoms with van der Waals surface area (Å²) in [6.07, 6.45) is 10.5. The minimum Gasteiger partial charge on any atom is -0.469 e. The van der Waals surface area contributed by atoms with Crippen molar-refractivity contribution in [3.05, 3.63) is 16.1 Å². The van der Waals surface area contributed by atoms with Crippen LogP contribution in [0.5, 0.6) is 0 Å². The Labute approximate surface area is 119 Å². The van der Waals surface area contributed by atoms with Gasteiger partial charge in [0.1, 0.15) is 0 Å². The zero-order valence-corrected chi connectivity index (χ0v) is 12.5. The fraction of sp³-hybridized carbons (Fsp3) is 0.733. The van der Waals surface area contributed by atoms with Crippen molar-refractivity contribution in [1.29, 1.82) is 0 Å². The van der Waals surface area contributed by atoms with Gasteiger partial charge in [-0.05, 0) is 12.8 Å². The molecule has 4 heteroatoms. The second-order valence-electron chi connectivity index (χ2n) is 5.30. The number of hydrogen-bond donors (Lipinski definition) is 0. The number of nitrogens with zero attached hydrogens (tertiary/aromatic N) is 1. The molecule has 0 bridgehead atoms. The summed E-state index contributed by atoms with van der Waals surface area (Å²) in [4.78, 5) is 15.9. The quantitative estimate of drug-likeness (QED) is 0.781. The molecule has 0 aliphatic heterocycles. The summed E-state index contributed by atoms with van der Waals surface area (Å²) in [5.41, 5.74) is 1.05. The predicted octanol–water partition coefficient (Wildman–Crippen LogP) is 4.08. The van der Waals surface area contributed by atoms with Crippen LogP contribution in [0.25, 0.3) is 0 Å². The summed E-state index contributed by atoms with van der Waals surface area (Å²) in [6, 6.07) is 0. The Hall–Kier alpha value is -0.900. The van der Waals surface area contributed by atoms with E-state index in [1.54, 1.807) is 11.3 Å². The lowest BCUT2D eigenvalue weighted by atomic mass is 9.92. The van der Waals surface area contributed by atoms with E-state index in [1.807, 2.05) is 0 Å². The third-order valence-electron chi connectivity index (χ3n) is 3.84. The van der Waals surface area contributed by atoms with Crippen LogP contribution in [0.1, 0.15) is 68.0 Å². The van der Waals surface area contributed by atoms with E-state index in [2.05, 4.69) is 10.1 Å². The molecule has 1 saturated carbocycles. The molecular weight excluding hydrogens is 258 g/mol. The van der Waals surface area contributed by atoms with Gasteiger partial charge in [-0.2, -0.15) is 0 Å². The number of thiazole rings is 1. The first kappa shape index (κ1) is 14.5. The number of aromatic nitrogens is 1. The minimum absolute atomic E-state index is 0.152. The molecule has 3 nitrogen and oxygen atoms in total. The van der Waals surface area contributed by atoms with Crippen LogP contribution in [0, 0.1) is 0 Å². The van der Waals surface area contributed by atoms with E-state index in [1.165, 1.54) is 57.1 Å². The summed E-state index contributed by atoms with van der Waals surface area (Å²) in [7, 11) is 1.43. The average molecular weight is 281 g/mol. The lowest BCUT2D eigenvalue weighted by Crippen LogP contribution is -2.04. The third kappa shape index (κ3) is 4.60. The molecule has 2 rings (SSSR count). The fourth-order valence-electron chi connectivity index (χ4n) is 2.66. The number of ether oxygens (including phenoxy) is 1. The van der Waals surface area contributed by atoms with Gasteiger partial charge < -0.3 is 4.74 Å². The number of methoxy groups -OCH3 is 1. The molecule has 1 aliphatic rings. The molecule has 0 atom stereocenters. The van der Waals surface area contributed by atoms with E-state index in [-0.39, 0.29) is 5.97 Å². The highest BCUT2D eigenvalue weighted by Crippen LogP contribution is 2.32. The Balaban J connectivity index is 1.89. The average Bonchev–Trinajstić information content (AvgIpc) is 2.84.